The number of aryl methyl sites for hydroxylation is 1. The van der Waals surface area contributed by atoms with Crippen molar-refractivity contribution in [3.63, 3.8) is 0 Å². The van der Waals surface area contributed by atoms with Gasteiger partial charge in [0.25, 0.3) is 0 Å². The second-order valence-electron chi connectivity index (χ2n) is 6.80. The van der Waals surface area contributed by atoms with E-state index in [-0.39, 0.29) is 11.8 Å². The molecule has 8 heteroatoms. The van der Waals surface area contributed by atoms with Crippen molar-refractivity contribution in [3.8, 4) is 17.1 Å². The third-order valence-electron chi connectivity index (χ3n) is 4.85. The van der Waals surface area contributed by atoms with E-state index in [1.165, 1.54) is 41.3 Å². The lowest BCUT2D eigenvalue weighted by atomic mass is 10.1. The molecular formula is C22H21FN4O2S. The summed E-state index contributed by atoms with van der Waals surface area (Å²) in [7, 11) is 0. The van der Waals surface area contributed by atoms with Crippen LogP contribution in [0, 0.1) is 5.82 Å². The molecule has 2 aromatic carbocycles. The van der Waals surface area contributed by atoms with Crippen LogP contribution in [0.4, 0.5) is 10.1 Å². The van der Waals surface area contributed by atoms with E-state index in [1.54, 1.807) is 6.07 Å². The van der Waals surface area contributed by atoms with Crippen LogP contribution in [0.1, 0.15) is 38.1 Å². The fraction of sp³-hybridized carbons (Fsp3) is 0.273. The van der Waals surface area contributed by atoms with Crippen LogP contribution in [0.3, 0.4) is 0 Å². The molecule has 6 nitrogen and oxygen atoms in total. The zero-order valence-electron chi connectivity index (χ0n) is 16.9. The number of benzene rings is 2. The van der Waals surface area contributed by atoms with Crippen LogP contribution < -0.4 is 9.64 Å². The van der Waals surface area contributed by atoms with Gasteiger partial charge in [-0.15, -0.1) is 10.2 Å². The molecule has 1 amide bonds. The van der Waals surface area contributed by atoms with Crippen molar-refractivity contribution >= 4 is 23.4 Å². The minimum Gasteiger partial charge on any atom is -0.447 e. The average molecular weight is 425 g/mol. The highest BCUT2D eigenvalue weighted by molar-refractivity contribution is 7.99. The van der Waals surface area contributed by atoms with E-state index in [2.05, 4.69) is 22.1 Å². The number of aromatic nitrogens is 3. The fourth-order valence-corrected chi connectivity index (χ4v) is 3.91. The number of thioether (sulfide) groups is 1. The summed E-state index contributed by atoms with van der Waals surface area (Å²) in [5.41, 5.74) is 3.19. The van der Waals surface area contributed by atoms with Gasteiger partial charge in [-0.3, -0.25) is 9.69 Å². The van der Waals surface area contributed by atoms with Crippen LogP contribution in [-0.4, -0.2) is 26.8 Å². The van der Waals surface area contributed by atoms with Gasteiger partial charge in [0.1, 0.15) is 5.82 Å². The first-order valence-corrected chi connectivity index (χ1v) is 10.7. The monoisotopic (exact) mass is 424 g/mol. The first-order chi connectivity index (χ1) is 14.5. The molecule has 1 atom stereocenters. The number of carbonyl (C=O) groups is 1. The van der Waals surface area contributed by atoms with Crippen molar-refractivity contribution in [1.29, 1.82) is 0 Å². The summed E-state index contributed by atoms with van der Waals surface area (Å²) >= 11 is 1.43. The molecular weight excluding hydrogens is 403 g/mol. The molecule has 0 saturated heterocycles. The lowest BCUT2D eigenvalue weighted by Crippen LogP contribution is -2.36. The molecule has 154 valence electrons. The highest BCUT2D eigenvalue weighted by Crippen LogP contribution is 2.43. The average Bonchev–Trinajstić information content (AvgIpc) is 2.88. The smallest absolute Gasteiger partial charge is 0.247 e. The lowest BCUT2D eigenvalue weighted by molar-refractivity contribution is -0.118. The molecule has 1 aliphatic heterocycles. The van der Waals surface area contributed by atoms with E-state index >= 15 is 0 Å². The molecule has 0 fully saturated rings. The minimum absolute atomic E-state index is 0.223. The Balaban J connectivity index is 1.93. The van der Waals surface area contributed by atoms with Crippen LogP contribution >= 0.6 is 11.8 Å². The molecule has 0 aliphatic carbocycles. The van der Waals surface area contributed by atoms with Gasteiger partial charge in [-0.2, -0.15) is 4.98 Å². The molecule has 2 heterocycles. The van der Waals surface area contributed by atoms with E-state index < -0.39 is 12.0 Å². The summed E-state index contributed by atoms with van der Waals surface area (Å²) in [5, 5.41) is 8.87. The van der Waals surface area contributed by atoms with Gasteiger partial charge in [0.15, 0.2) is 5.69 Å². The maximum atomic E-state index is 14.1. The number of ether oxygens (including phenoxy) is 1. The van der Waals surface area contributed by atoms with Crippen LogP contribution in [-0.2, 0) is 11.2 Å². The Morgan fingerprint density at radius 3 is 2.60 bits per heavy atom. The van der Waals surface area contributed by atoms with Gasteiger partial charge in [-0.25, -0.2) is 4.39 Å². The molecule has 3 aromatic rings. The van der Waals surface area contributed by atoms with Crippen molar-refractivity contribution in [2.45, 2.75) is 38.6 Å². The molecule has 30 heavy (non-hydrogen) atoms. The standard InChI is InChI=1S/C22H21FN4O2S/c1-4-14-6-8-15(9-7-14)21-27(13(3)28)18-11-10-16(23)12-17(18)19-20(29-21)24-22(26-25-19)30-5-2/h6-12,21H,4-5H2,1-3H3/t21-/m0/s1. The summed E-state index contributed by atoms with van der Waals surface area (Å²) in [4.78, 5) is 18.7. The molecule has 0 saturated carbocycles. The maximum absolute atomic E-state index is 14.1. The number of fused-ring (bicyclic) bond motifs is 3. The summed E-state index contributed by atoms with van der Waals surface area (Å²) < 4.78 is 20.4. The Kier molecular flexibility index (Phi) is 5.67. The zero-order valence-corrected chi connectivity index (χ0v) is 17.7. The Labute approximate surface area is 178 Å². The van der Waals surface area contributed by atoms with Gasteiger partial charge in [0.2, 0.25) is 23.2 Å². The Morgan fingerprint density at radius 2 is 1.93 bits per heavy atom. The molecule has 1 aliphatic rings. The molecule has 0 radical (unpaired) electrons. The second kappa shape index (κ2) is 8.39. The van der Waals surface area contributed by atoms with Gasteiger partial charge in [-0.05, 0) is 35.9 Å². The van der Waals surface area contributed by atoms with Gasteiger partial charge >= 0.3 is 0 Å². The van der Waals surface area contributed by atoms with Gasteiger partial charge < -0.3 is 4.74 Å². The van der Waals surface area contributed by atoms with Crippen molar-refractivity contribution in [1.82, 2.24) is 15.2 Å². The molecule has 0 N–H and O–H groups in total. The first-order valence-electron chi connectivity index (χ1n) is 9.74. The largest absolute Gasteiger partial charge is 0.447 e. The Morgan fingerprint density at radius 1 is 1.17 bits per heavy atom. The summed E-state index contributed by atoms with van der Waals surface area (Å²) in [5.74, 6) is 0.313. The second-order valence-corrected chi connectivity index (χ2v) is 8.03. The van der Waals surface area contributed by atoms with Gasteiger partial charge in [0, 0.05) is 18.1 Å². The number of nitrogens with zero attached hydrogens (tertiary/aromatic N) is 4. The van der Waals surface area contributed by atoms with E-state index in [4.69, 9.17) is 4.74 Å². The number of carbonyl (C=O) groups excluding carboxylic acids is 1. The maximum Gasteiger partial charge on any atom is 0.247 e. The minimum atomic E-state index is -0.768. The van der Waals surface area contributed by atoms with E-state index in [9.17, 15) is 9.18 Å². The number of hydrogen-bond donors (Lipinski definition) is 0. The van der Waals surface area contributed by atoms with Gasteiger partial charge in [-0.1, -0.05) is 49.9 Å². The van der Waals surface area contributed by atoms with Crippen LogP contribution in [0.25, 0.3) is 11.3 Å². The molecule has 0 spiro atoms. The highest BCUT2D eigenvalue weighted by atomic mass is 32.2. The number of hydrogen-bond acceptors (Lipinski definition) is 6. The molecule has 4 rings (SSSR count). The Bertz CT molecular complexity index is 1090. The van der Waals surface area contributed by atoms with Crippen LogP contribution in [0.2, 0.25) is 0 Å². The SMILES string of the molecule is CCSc1nnc2c(n1)O[C@@H](c1ccc(CC)cc1)N(C(C)=O)c1ccc(F)cc1-2. The summed E-state index contributed by atoms with van der Waals surface area (Å²) in [6.07, 6.45) is 0.136. The van der Waals surface area contributed by atoms with E-state index in [0.717, 1.165) is 17.7 Å². The molecule has 0 bridgehead atoms. The topological polar surface area (TPSA) is 68.2 Å². The number of halogens is 1. The van der Waals surface area contributed by atoms with Crippen molar-refractivity contribution in [2.75, 3.05) is 10.7 Å². The number of rotatable bonds is 4. The molecule has 1 aromatic heterocycles. The van der Waals surface area contributed by atoms with Gasteiger partial charge in [0.05, 0.1) is 5.69 Å². The van der Waals surface area contributed by atoms with Crippen molar-refractivity contribution < 1.29 is 13.9 Å². The predicted molar refractivity (Wildman–Crippen MR) is 114 cm³/mol. The third-order valence-corrected chi connectivity index (χ3v) is 5.57. The number of anilines is 1. The lowest BCUT2D eigenvalue weighted by Gasteiger charge is -2.30. The van der Waals surface area contributed by atoms with Crippen molar-refractivity contribution in [2.24, 2.45) is 0 Å². The fourth-order valence-electron chi connectivity index (χ4n) is 3.40. The van der Waals surface area contributed by atoms with E-state index in [1.807, 2.05) is 31.2 Å². The van der Waals surface area contributed by atoms with Crippen LogP contribution in [0.15, 0.2) is 47.6 Å². The van der Waals surface area contributed by atoms with Crippen molar-refractivity contribution in [3.05, 3.63) is 59.4 Å². The zero-order chi connectivity index (χ0) is 21.3. The Hall–Kier alpha value is -3.00. The third kappa shape index (κ3) is 3.75. The highest BCUT2D eigenvalue weighted by Gasteiger charge is 2.34. The first kappa shape index (κ1) is 20.3. The normalized spacial score (nSPS) is 15.1. The van der Waals surface area contributed by atoms with E-state index in [0.29, 0.717) is 22.1 Å². The predicted octanol–water partition coefficient (Wildman–Crippen LogP) is 4.80. The summed E-state index contributed by atoms with van der Waals surface area (Å²) in [6, 6.07) is 12.1. The van der Waals surface area contributed by atoms with Crippen LogP contribution in [0.5, 0.6) is 5.88 Å². The number of amides is 1. The quantitative estimate of drug-likeness (QED) is 0.561. The molecule has 0 unspecified atom stereocenters. The summed E-state index contributed by atoms with van der Waals surface area (Å²) in [6.45, 7) is 5.52.